The Balaban J connectivity index is 2.73. The molecule has 0 radical (unpaired) electrons. The molecule has 0 unspecified atom stereocenters. The van der Waals surface area contributed by atoms with Crippen molar-refractivity contribution in [2.45, 2.75) is 39.2 Å². The highest BCUT2D eigenvalue weighted by Gasteiger charge is 2.26. The van der Waals surface area contributed by atoms with Gasteiger partial charge in [0.15, 0.2) is 0 Å². The fourth-order valence-corrected chi connectivity index (χ4v) is 2.37. The standard InChI is InChI=1S/C13H18ClN3/c1-4-13(3,5-2)17-11-7-6-9(14)8-10(11)16-12(17)15/h6-8H,4-5H2,1-3H3,(H2,15,16). The van der Waals surface area contributed by atoms with E-state index in [1.54, 1.807) is 0 Å². The van der Waals surface area contributed by atoms with Gasteiger partial charge in [-0.15, -0.1) is 0 Å². The molecule has 0 amide bonds. The molecule has 4 heteroatoms. The summed E-state index contributed by atoms with van der Waals surface area (Å²) in [5, 5.41) is 0.692. The first kappa shape index (κ1) is 12.2. The van der Waals surface area contributed by atoms with Crippen molar-refractivity contribution in [1.82, 2.24) is 9.55 Å². The maximum atomic E-state index is 6.05. The normalized spacial score (nSPS) is 12.2. The first-order valence-corrected chi connectivity index (χ1v) is 6.33. The van der Waals surface area contributed by atoms with Crippen LogP contribution in [0.3, 0.4) is 0 Å². The number of halogens is 1. The van der Waals surface area contributed by atoms with E-state index < -0.39 is 0 Å². The molecule has 0 atom stereocenters. The number of hydrogen-bond donors (Lipinski definition) is 1. The van der Waals surface area contributed by atoms with Gasteiger partial charge in [0, 0.05) is 10.6 Å². The van der Waals surface area contributed by atoms with Gasteiger partial charge < -0.3 is 10.3 Å². The Kier molecular flexibility index (Phi) is 3.04. The van der Waals surface area contributed by atoms with Crippen molar-refractivity contribution < 1.29 is 0 Å². The fraction of sp³-hybridized carbons (Fsp3) is 0.462. The zero-order chi connectivity index (χ0) is 12.6. The lowest BCUT2D eigenvalue weighted by atomic mass is 9.95. The van der Waals surface area contributed by atoms with Crippen LogP contribution in [-0.4, -0.2) is 9.55 Å². The second-order valence-electron chi connectivity index (χ2n) is 4.64. The van der Waals surface area contributed by atoms with Gasteiger partial charge in [0.1, 0.15) is 0 Å². The summed E-state index contributed by atoms with van der Waals surface area (Å²) >= 11 is 5.97. The Labute approximate surface area is 107 Å². The van der Waals surface area contributed by atoms with Crippen molar-refractivity contribution in [3.63, 3.8) is 0 Å². The largest absolute Gasteiger partial charge is 0.369 e. The molecule has 0 saturated carbocycles. The van der Waals surface area contributed by atoms with Crippen LogP contribution >= 0.6 is 11.6 Å². The number of nitrogens with zero attached hydrogens (tertiary/aromatic N) is 2. The quantitative estimate of drug-likeness (QED) is 0.902. The van der Waals surface area contributed by atoms with Gasteiger partial charge in [-0.05, 0) is 38.0 Å². The molecule has 0 spiro atoms. The lowest BCUT2D eigenvalue weighted by Gasteiger charge is -2.30. The maximum absolute atomic E-state index is 6.05. The summed E-state index contributed by atoms with van der Waals surface area (Å²) in [4.78, 5) is 4.39. The first-order chi connectivity index (χ1) is 8.01. The highest BCUT2D eigenvalue weighted by molar-refractivity contribution is 6.31. The predicted octanol–water partition coefficient (Wildman–Crippen LogP) is 3.81. The molecule has 1 aromatic carbocycles. The van der Waals surface area contributed by atoms with Gasteiger partial charge in [-0.25, -0.2) is 4.98 Å². The smallest absolute Gasteiger partial charge is 0.201 e. The zero-order valence-corrected chi connectivity index (χ0v) is 11.3. The average molecular weight is 252 g/mol. The Bertz CT molecular complexity index is 541. The monoisotopic (exact) mass is 251 g/mol. The van der Waals surface area contributed by atoms with E-state index in [1.807, 2.05) is 18.2 Å². The van der Waals surface area contributed by atoms with Crippen LogP contribution < -0.4 is 5.73 Å². The fourth-order valence-electron chi connectivity index (χ4n) is 2.21. The number of aromatic nitrogens is 2. The van der Waals surface area contributed by atoms with Gasteiger partial charge in [-0.3, -0.25) is 0 Å². The molecule has 3 nitrogen and oxygen atoms in total. The van der Waals surface area contributed by atoms with Crippen LogP contribution in [0.5, 0.6) is 0 Å². The van der Waals surface area contributed by atoms with Gasteiger partial charge >= 0.3 is 0 Å². The third-order valence-electron chi connectivity index (χ3n) is 3.71. The van der Waals surface area contributed by atoms with E-state index in [4.69, 9.17) is 17.3 Å². The van der Waals surface area contributed by atoms with Gasteiger partial charge in [-0.1, -0.05) is 25.4 Å². The lowest BCUT2D eigenvalue weighted by molar-refractivity contribution is 0.307. The number of fused-ring (bicyclic) bond motifs is 1. The van der Waals surface area contributed by atoms with E-state index in [1.165, 1.54) is 0 Å². The van der Waals surface area contributed by atoms with Crippen LogP contribution in [0, 0.1) is 0 Å². The molecule has 1 heterocycles. The van der Waals surface area contributed by atoms with Crippen LogP contribution in [0.15, 0.2) is 18.2 Å². The second kappa shape index (κ2) is 4.22. The molecule has 0 saturated heterocycles. The molecule has 2 aromatic rings. The molecule has 17 heavy (non-hydrogen) atoms. The van der Waals surface area contributed by atoms with Crippen molar-refractivity contribution >= 4 is 28.6 Å². The third kappa shape index (κ3) is 1.89. The van der Waals surface area contributed by atoms with Crippen LogP contribution in [0.25, 0.3) is 11.0 Å². The Morgan fingerprint density at radius 3 is 2.59 bits per heavy atom. The van der Waals surface area contributed by atoms with Crippen molar-refractivity contribution in [3.05, 3.63) is 23.2 Å². The number of nitrogens with two attached hydrogens (primary N) is 1. The van der Waals surface area contributed by atoms with Crippen molar-refractivity contribution in [2.24, 2.45) is 0 Å². The van der Waals surface area contributed by atoms with E-state index in [9.17, 15) is 0 Å². The second-order valence-corrected chi connectivity index (χ2v) is 5.08. The van der Waals surface area contributed by atoms with E-state index in [-0.39, 0.29) is 5.54 Å². The van der Waals surface area contributed by atoms with Crippen LogP contribution in [0.4, 0.5) is 5.95 Å². The van der Waals surface area contributed by atoms with E-state index in [0.29, 0.717) is 11.0 Å². The molecule has 1 aromatic heterocycles. The number of benzene rings is 1. The summed E-state index contributed by atoms with van der Waals surface area (Å²) in [6.07, 6.45) is 2.03. The molecular formula is C13H18ClN3. The van der Waals surface area contributed by atoms with Crippen molar-refractivity contribution in [1.29, 1.82) is 0 Å². The number of rotatable bonds is 3. The van der Waals surface area contributed by atoms with E-state index in [2.05, 4.69) is 30.3 Å². The molecule has 0 aliphatic carbocycles. The third-order valence-corrected chi connectivity index (χ3v) is 3.94. The summed E-state index contributed by atoms with van der Waals surface area (Å²) in [6.45, 7) is 6.55. The van der Waals surface area contributed by atoms with Crippen molar-refractivity contribution in [2.75, 3.05) is 5.73 Å². The molecule has 0 bridgehead atoms. The summed E-state index contributed by atoms with van der Waals surface area (Å²) in [7, 11) is 0. The molecule has 2 N–H and O–H groups in total. The van der Waals surface area contributed by atoms with E-state index in [0.717, 1.165) is 23.9 Å². The summed E-state index contributed by atoms with van der Waals surface area (Å²) < 4.78 is 2.12. The zero-order valence-electron chi connectivity index (χ0n) is 10.5. The van der Waals surface area contributed by atoms with Gasteiger partial charge in [0.05, 0.1) is 11.0 Å². The van der Waals surface area contributed by atoms with Gasteiger partial charge in [0.2, 0.25) is 5.95 Å². The lowest BCUT2D eigenvalue weighted by Crippen LogP contribution is -2.29. The minimum Gasteiger partial charge on any atom is -0.369 e. The molecule has 92 valence electrons. The summed E-state index contributed by atoms with van der Waals surface area (Å²) in [6, 6.07) is 5.73. The first-order valence-electron chi connectivity index (χ1n) is 5.96. The van der Waals surface area contributed by atoms with E-state index >= 15 is 0 Å². The average Bonchev–Trinajstić information content (AvgIpc) is 2.64. The highest BCUT2D eigenvalue weighted by Crippen LogP contribution is 2.32. The number of hydrogen-bond acceptors (Lipinski definition) is 2. The molecular weight excluding hydrogens is 234 g/mol. The Morgan fingerprint density at radius 1 is 1.35 bits per heavy atom. The maximum Gasteiger partial charge on any atom is 0.201 e. The topological polar surface area (TPSA) is 43.8 Å². The van der Waals surface area contributed by atoms with Crippen molar-refractivity contribution in [3.8, 4) is 0 Å². The van der Waals surface area contributed by atoms with Crippen LogP contribution in [0.1, 0.15) is 33.6 Å². The molecule has 0 fully saturated rings. The number of imidazole rings is 1. The van der Waals surface area contributed by atoms with Crippen LogP contribution in [-0.2, 0) is 5.54 Å². The summed E-state index contributed by atoms with van der Waals surface area (Å²) in [5.74, 6) is 0.563. The minimum absolute atomic E-state index is 0.00661. The SMILES string of the molecule is CCC(C)(CC)n1c(N)nc2cc(Cl)ccc21. The molecule has 0 aliphatic rings. The van der Waals surface area contributed by atoms with Crippen LogP contribution in [0.2, 0.25) is 5.02 Å². The predicted molar refractivity (Wildman–Crippen MR) is 73.4 cm³/mol. The Hall–Kier alpha value is -1.22. The Morgan fingerprint density at radius 2 is 2.00 bits per heavy atom. The number of nitrogen functional groups attached to an aromatic ring is 1. The minimum atomic E-state index is 0.00661. The highest BCUT2D eigenvalue weighted by atomic mass is 35.5. The number of anilines is 1. The van der Waals surface area contributed by atoms with Gasteiger partial charge in [-0.2, -0.15) is 0 Å². The summed E-state index contributed by atoms with van der Waals surface area (Å²) in [5.41, 5.74) is 7.97. The van der Waals surface area contributed by atoms with Gasteiger partial charge in [0.25, 0.3) is 0 Å². The molecule has 2 rings (SSSR count). The molecule has 0 aliphatic heterocycles.